The van der Waals surface area contributed by atoms with Crippen molar-refractivity contribution in [2.24, 2.45) is 0 Å². The zero-order valence-corrected chi connectivity index (χ0v) is 16.6. The molecule has 1 aliphatic rings. The zero-order valence-electron chi connectivity index (χ0n) is 15.8. The minimum absolute atomic E-state index is 0.00808. The molecule has 5 nitrogen and oxygen atoms in total. The van der Waals surface area contributed by atoms with Crippen LogP contribution < -0.4 is 9.64 Å². The summed E-state index contributed by atoms with van der Waals surface area (Å²) in [5, 5.41) is 0.936. The Kier molecular flexibility index (Phi) is 6.09. The van der Waals surface area contributed by atoms with Gasteiger partial charge >= 0.3 is 0 Å². The minimum atomic E-state index is -0.00808. The van der Waals surface area contributed by atoms with E-state index < -0.39 is 0 Å². The molecule has 0 radical (unpaired) electrons. The van der Waals surface area contributed by atoms with E-state index in [1.807, 2.05) is 36.7 Å². The van der Waals surface area contributed by atoms with Crippen LogP contribution in [0.1, 0.15) is 17.2 Å². The highest BCUT2D eigenvalue weighted by molar-refractivity contribution is 7.98. The van der Waals surface area contributed by atoms with Crippen LogP contribution in [-0.2, 0) is 10.5 Å². The van der Waals surface area contributed by atoms with Gasteiger partial charge in [0.05, 0.1) is 26.1 Å². The average molecular weight is 394 g/mol. The Hall–Kier alpha value is -2.57. The molecular weight excluding hydrogens is 370 g/mol. The van der Waals surface area contributed by atoms with E-state index in [0.29, 0.717) is 6.61 Å². The quantitative estimate of drug-likeness (QED) is 0.580. The molecule has 0 amide bonds. The number of nitrogens with zero attached hydrogens (tertiary/aromatic N) is 3. The summed E-state index contributed by atoms with van der Waals surface area (Å²) in [5.74, 6) is 2.63. The van der Waals surface area contributed by atoms with Gasteiger partial charge < -0.3 is 14.4 Å². The molecule has 0 N–H and O–H groups in total. The first-order valence-corrected chi connectivity index (χ1v) is 10.3. The number of aromatic nitrogens is 2. The van der Waals surface area contributed by atoms with Gasteiger partial charge in [0.25, 0.3) is 0 Å². The summed E-state index contributed by atoms with van der Waals surface area (Å²) in [6.45, 7) is 2.21. The lowest BCUT2D eigenvalue weighted by Gasteiger charge is -2.34. The van der Waals surface area contributed by atoms with Gasteiger partial charge in [0.15, 0.2) is 0 Å². The second-order valence-electron chi connectivity index (χ2n) is 6.57. The van der Waals surface area contributed by atoms with Crippen LogP contribution in [0, 0.1) is 0 Å². The lowest BCUT2D eigenvalue weighted by Crippen LogP contribution is -2.39. The molecular formula is C22H23N3O2S. The molecule has 1 unspecified atom stereocenters. The fourth-order valence-corrected chi connectivity index (χ4v) is 3.99. The summed E-state index contributed by atoms with van der Waals surface area (Å²) < 4.78 is 11.3. The van der Waals surface area contributed by atoms with E-state index in [4.69, 9.17) is 14.5 Å². The van der Waals surface area contributed by atoms with Gasteiger partial charge in [-0.25, -0.2) is 4.98 Å². The molecule has 1 fully saturated rings. The third-order valence-corrected chi connectivity index (χ3v) is 5.66. The van der Waals surface area contributed by atoms with E-state index in [1.54, 1.807) is 18.9 Å². The second-order valence-corrected chi connectivity index (χ2v) is 7.57. The van der Waals surface area contributed by atoms with Crippen LogP contribution in [-0.4, -0.2) is 36.8 Å². The third-order valence-electron chi connectivity index (χ3n) is 4.69. The maximum absolute atomic E-state index is 6.00. The monoisotopic (exact) mass is 393 g/mol. The zero-order chi connectivity index (χ0) is 19.2. The molecule has 1 aromatic heterocycles. The fraction of sp³-hybridized carbons (Fsp3) is 0.273. The molecule has 0 spiro atoms. The number of thioether (sulfide) groups is 1. The van der Waals surface area contributed by atoms with Crippen molar-refractivity contribution in [3.05, 3.63) is 78.1 Å². The lowest BCUT2D eigenvalue weighted by atomic mass is 10.1. The Labute approximate surface area is 169 Å². The molecule has 3 aromatic rings. The topological polar surface area (TPSA) is 47.5 Å². The first-order valence-electron chi connectivity index (χ1n) is 9.31. The van der Waals surface area contributed by atoms with Gasteiger partial charge in [-0.15, -0.1) is 11.8 Å². The predicted molar refractivity (Wildman–Crippen MR) is 112 cm³/mol. The summed E-state index contributed by atoms with van der Waals surface area (Å²) in [6.07, 6.45) is 3.66. The molecule has 28 heavy (non-hydrogen) atoms. The Balaban J connectivity index is 1.44. The molecule has 144 valence electrons. The molecule has 1 aliphatic heterocycles. The molecule has 2 heterocycles. The number of methoxy groups -OCH3 is 1. The maximum atomic E-state index is 6.00. The fourth-order valence-electron chi connectivity index (χ4n) is 3.19. The van der Waals surface area contributed by atoms with E-state index in [0.717, 1.165) is 41.0 Å². The second kappa shape index (κ2) is 9.08. The Morgan fingerprint density at radius 3 is 2.89 bits per heavy atom. The van der Waals surface area contributed by atoms with E-state index >= 15 is 0 Å². The van der Waals surface area contributed by atoms with Gasteiger partial charge in [0, 0.05) is 18.8 Å². The summed E-state index contributed by atoms with van der Waals surface area (Å²) in [4.78, 5) is 11.5. The first kappa shape index (κ1) is 18.8. The Morgan fingerprint density at radius 1 is 1.14 bits per heavy atom. The van der Waals surface area contributed by atoms with Crippen molar-refractivity contribution in [2.75, 3.05) is 31.7 Å². The number of hydrogen-bond acceptors (Lipinski definition) is 6. The van der Waals surface area contributed by atoms with Crippen molar-refractivity contribution in [3.8, 4) is 5.75 Å². The molecule has 0 aliphatic carbocycles. The number of morpholine rings is 1. The molecule has 2 aromatic carbocycles. The van der Waals surface area contributed by atoms with Gasteiger partial charge in [-0.1, -0.05) is 42.5 Å². The average Bonchev–Trinajstić information content (AvgIpc) is 2.79. The molecule has 0 bridgehead atoms. The van der Waals surface area contributed by atoms with Crippen molar-refractivity contribution in [3.63, 3.8) is 0 Å². The summed E-state index contributed by atoms with van der Waals surface area (Å²) in [7, 11) is 1.68. The van der Waals surface area contributed by atoms with E-state index in [2.05, 4.69) is 40.2 Å². The van der Waals surface area contributed by atoms with Crippen LogP contribution in [0.5, 0.6) is 5.75 Å². The smallest absolute Gasteiger partial charge is 0.148 e. The van der Waals surface area contributed by atoms with Crippen LogP contribution in [0.3, 0.4) is 0 Å². The minimum Gasteiger partial charge on any atom is -0.497 e. The highest BCUT2D eigenvalue weighted by Crippen LogP contribution is 2.28. The van der Waals surface area contributed by atoms with Gasteiger partial charge in [-0.3, -0.25) is 4.98 Å². The SMILES string of the molecule is COc1cccc(C2CN(c3cncc(SCc4ccccc4)n3)CCO2)c1. The Bertz CT molecular complexity index is 907. The largest absolute Gasteiger partial charge is 0.497 e. The standard InChI is InChI=1S/C22H23N3O2S/c1-26-19-9-5-8-18(12-19)20-15-25(10-11-27-20)21-13-23-14-22(24-21)28-16-17-6-3-2-4-7-17/h2-9,12-14,20H,10-11,15-16H2,1H3. The summed E-state index contributed by atoms with van der Waals surface area (Å²) in [6, 6.07) is 18.5. The summed E-state index contributed by atoms with van der Waals surface area (Å²) >= 11 is 1.71. The highest BCUT2D eigenvalue weighted by Gasteiger charge is 2.23. The highest BCUT2D eigenvalue weighted by atomic mass is 32.2. The van der Waals surface area contributed by atoms with Gasteiger partial charge in [-0.05, 0) is 23.3 Å². The normalized spacial score (nSPS) is 16.8. The van der Waals surface area contributed by atoms with Crippen molar-refractivity contribution < 1.29 is 9.47 Å². The molecule has 0 saturated carbocycles. The first-order chi connectivity index (χ1) is 13.8. The van der Waals surface area contributed by atoms with Crippen molar-refractivity contribution in [1.82, 2.24) is 9.97 Å². The van der Waals surface area contributed by atoms with Crippen LogP contribution >= 0.6 is 11.8 Å². The lowest BCUT2D eigenvalue weighted by molar-refractivity contribution is 0.0393. The number of rotatable bonds is 6. The molecule has 1 atom stereocenters. The van der Waals surface area contributed by atoms with E-state index in [-0.39, 0.29) is 6.10 Å². The molecule has 1 saturated heterocycles. The van der Waals surface area contributed by atoms with Crippen LogP contribution in [0.2, 0.25) is 0 Å². The van der Waals surface area contributed by atoms with Crippen LogP contribution in [0.4, 0.5) is 5.82 Å². The maximum Gasteiger partial charge on any atom is 0.148 e. The van der Waals surface area contributed by atoms with Crippen molar-refractivity contribution in [2.45, 2.75) is 16.9 Å². The van der Waals surface area contributed by atoms with E-state index in [9.17, 15) is 0 Å². The number of anilines is 1. The molecule has 6 heteroatoms. The van der Waals surface area contributed by atoms with Crippen LogP contribution in [0.25, 0.3) is 0 Å². The van der Waals surface area contributed by atoms with Crippen molar-refractivity contribution >= 4 is 17.6 Å². The predicted octanol–water partition coefficient (Wildman–Crippen LogP) is 4.36. The molecule has 4 rings (SSSR count). The van der Waals surface area contributed by atoms with E-state index in [1.165, 1.54) is 5.56 Å². The number of benzene rings is 2. The van der Waals surface area contributed by atoms with Crippen LogP contribution in [0.15, 0.2) is 72.0 Å². The number of ether oxygens (including phenoxy) is 2. The third kappa shape index (κ3) is 4.64. The Morgan fingerprint density at radius 2 is 2.04 bits per heavy atom. The van der Waals surface area contributed by atoms with Gasteiger partial charge in [-0.2, -0.15) is 0 Å². The van der Waals surface area contributed by atoms with Gasteiger partial charge in [0.2, 0.25) is 0 Å². The van der Waals surface area contributed by atoms with Gasteiger partial charge in [0.1, 0.15) is 22.7 Å². The number of hydrogen-bond donors (Lipinski definition) is 0. The van der Waals surface area contributed by atoms with Crippen molar-refractivity contribution in [1.29, 1.82) is 0 Å². The summed E-state index contributed by atoms with van der Waals surface area (Å²) in [5.41, 5.74) is 2.40.